The van der Waals surface area contributed by atoms with Gasteiger partial charge in [0.25, 0.3) is 0 Å². The lowest BCUT2D eigenvalue weighted by Gasteiger charge is -2.15. The van der Waals surface area contributed by atoms with E-state index >= 15 is 0 Å². The predicted molar refractivity (Wildman–Crippen MR) is 94.9 cm³/mol. The molecule has 2 N–H and O–H groups in total. The molecule has 3 aromatic rings. The summed E-state index contributed by atoms with van der Waals surface area (Å²) in [5.41, 5.74) is 2.43. The van der Waals surface area contributed by atoms with Gasteiger partial charge in [0.05, 0.1) is 36.9 Å². The molecule has 2 heterocycles. The Morgan fingerprint density at radius 2 is 2.04 bits per heavy atom. The number of methoxy groups -OCH3 is 1. The van der Waals surface area contributed by atoms with E-state index in [0.717, 1.165) is 17.0 Å². The molecule has 0 aliphatic rings. The average Bonchev–Trinajstić information content (AvgIpc) is 3.10. The summed E-state index contributed by atoms with van der Waals surface area (Å²) in [7, 11) is 1.62. The van der Waals surface area contributed by atoms with Gasteiger partial charge < -0.3 is 15.4 Å². The molecule has 7 nitrogen and oxygen atoms in total. The SMILES string of the molecule is COc1cccc(C(C)NC(=O)Nc2cnn(-c3ccncc3)c2)c1. The molecule has 0 aliphatic carbocycles. The Hall–Kier alpha value is -3.35. The lowest BCUT2D eigenvalue weighted by atomic mass is 10.1. The molecule has 0 radical (unpaired) electrons. The number of ether oxygens (including phenoxy) is 1. The zero-order valence-electron chi connectivity index (χ0n) is 14.0. The second-order valence-corrected chi connectivity index (χ2v) is 5.48. The van der Waals surface area contributed by atoms with Gasteiger partial charge in [-0.25, -0.2) is 9.48 Å². The van der Waals surface area contributed by atoms with Gasteiger partial charge in [0.2, 0.25) is 0 Å². The molecule has 1 atom stereocenters. The number of nitrogens with zero attached hydrogens (tertiary/aromatic N) is 3. The number of carbonyl (C=O) groups is 1. The van der Waals surface area contributed by atoms with Crippen LogP contribution in [0.1, 0.15) is 18.5 Å². The van der Waals surface area contributed by atoms with Gasteiger partial charge >= 0.3 is 6.03 Å². The molecular formula is C18H19N5O2. The van der Waals surface area contributed by atoms with Crippen LogP contribution in [0.5, 0.6) is 5.75 Å². The number of amides is 2. The van der Waals surface area contributed by atoms with Crippen LogP contribution in [0.25, 0.3) is 5.69 Å². The van der Waals surface area contributed by atoms with Gasteiger partial charge in [-0.3, -0.25) is 4.98 Å². The monoisotopic (exact) mass is 337 g/mol. The molecule has 0 spiro atoms. The number of hydrogen-bond acceptors (Lipinski definition) is 4. The maximum atomic E-state index is 12.2. The summed E-state index contributed by atoms with van der Waals surface area (Å²) in [6.45, 7) is 1.91. The number of benzene rings is 1. The first-order valence-electron chi connectivity index (χ1n) is 7.82. The van der Waals surface area contributed by atoms with Gasteiger partial charge in [-0.15, -0.1) is 0 Å². The molecule has 3 rings (SSSR count). The molecule has 0 bridgehead atoms. The Bertz CT molecular complexity index is 847. The Balaban J connectivity index is 1.62. The maximum absolute atomic E-state index is 12.2. The van der Waals surface area contributed by atoms with Crippen molar-refractivity contribution in [3.63, 3.8) is 0 Å². The van der Waals surface area contributed by atoms with Gasteiger partial charge in [-0.1, -0.05) is 12.1 Å². The van der Waals surface area contributed by atoms with Crippen LogP contribution in [0.4, 0.5) is 10.5 Å². The van der Waals surface area contributed by atoms with Crippen molar-refractivity contribution in [3.8, 4) is 11.4 Å². The topological polar surface area (TPSA) is 81.1 Å². The second-order valence-electron chi connectivity index (χ2n) is 5.48. The van der Waals surface area contributed by atoms with Crippen molar-refractivity contribution in [2.75, 3.05) is 12.4 Å². The molecular weight excluding hydrogens is 318 g/mol. The van der Waals surface area contributed by atoms with Crippen LogP contribution in [0.2, 0.25) is 0 Å². The minimum absolute atomic E-state index is 0.162. The Morgan fingerprint density at radius 1 is 1.24 bits per heavy atom. The van der Waals surface area contributed by atoms with Crippen LogP contribution in [-0.2, 0) is 0 Å². The van der Waals surface area contributed by atoms with E-state index in [2.05, 4.69) is 20.7 Å². The summed E-state index contributed by atoms with van der Waals surface area (Å²) in [4.78, 5) is 16.2. The third kappa shape index (κ3) is 4.14. The number of anilines is 1. The maximum Gasteiger partial charge on any atom is 0.319 e. The van der Waals surface area contributed by atoms with Crippen LogP contribution >= 0.6 is 0 Å². The molecule has 0 aliphatic heterocycles. The highest BCUT2D eigenvalue weighted by Crippen LogP contribution is 2.19. The molecule has 7 heteroatoms. The van der Waals surface area contributed by atoms with E-state index in [1.54, 1.807) is 36.6 Å². The summed E-state index contributed by atoms with van der Waals surface area (Å²) in [6.07, 6.45) is 6.71. The molecule has 0 saturated heterocycles. The van der Waals surface area contributed by atoms with Gasteiger partial charge in [0.1, 0.15) is 5.75 Å². The fourth-order valence-corrected chi connectivity index (χ4v) is 2.38. The highest BCUT2D eigenvalue weighted by molar-refractivity contribution is 5.89. The quantitative estimate of drug-likeness (QED) is 0.749. The molecule has 0 fully saturated rings. The smallest absolute Gasteiger partial charge is 0.319 e. The van der Waals surface area contributed by atoms with E-state index in [4.69, 9.17) is 4.74 Å². The largest absolute Gasteiger partial charge is 0.497 e. The van der Waals surface area contributed by atoms with E-state index in [9.17, 15) is 4.79 Å². The van der Waals surface area contributed by atoms with Crippen LogP contribution in [0.15, 0.2) is 61.2 Å². The third-order valence-corrected chi connectivity index (χ3v) is 3.71. The van der Waals surface area contributed by atoms with Crippen molar-refractivity contribution < 1.29 is 9.53 Å². The molecule has 25 heavy (non-hydrogen) atoms. The number of carbonyl (C=O) groups excluding carboxylic acids is 1. The molecule has 1 aromatic carbocycles. The van der Waals surface area contributed by atoms with Gasteiger partial charge in [-0.05, 0) is 36.8 Å². The fourth-order valence-electron chi connectivity index (χ4n) is 2.38. The second kappa shape index (κ2) is 7.48. The van der Waals surface area contributed by atoms with Crippen molar-refractivity contribution in [3.05, 3.63) is 66.7 Å². The number of aromatic nitrogens is 3. The molecule has 2 amide bonds. The molecule has 1 unspecified atom stereocenters. The average molecular weight is 337 g/mol. The van der Waals surface area contributed by atoms with E-state index in [1.165, 1.54) is 0 Å². The van der Waals surface area contributed by atoms with Crippen molar-refractivity contribution >= 4 is 11.7 Å². The van der Waals surface area contributed by atoms with Gasteiger partial charge in [0, 0.05) is 12.4 Å². The van der Waals surface area contributed by atoms with Gasteiger partial charge in [-0.2, -0.15) is 5.10 Å². The van der Waals surface area contributed by atoms with Gasteiger partial charge in [0.15, 0.2) is 0 Å². The molecule has 0 saturated carbocycles. The number of urea groups is 1. The third-order valence-electron chi connectivity index (χ3n) is 3.71. The standard InChI is InChI=1S/C18H19N5O2/c1-13(14-4-3-5-17(10-14)25-2)21-18(24)22-15-11-20-23(12-15)16-6-8-19-9-7-16/h3-13H,1-2H3,(H2,21,22,24). The summed E-state index contributed by atoms with van der Waals surface area (Å²) < 4.78 is 6.88. The van der Waals surface area contributed by atoms with E-state index in [0.29, 0.717) is 5.69 Å². The first kappa shape index (κ1) is 16.5. The van der Waals surface area contributed by atoms with Crippen molar-refractivity contribution in [2.45, 2.75) is 13.0 Å². The molecule has 128 valence electrons. The lowest BCUT2D eigenvalue weighted by molar-refractivity contribution is 0.249. The van der Waals surface area contributed by atoms with Crippen molar-refractivity contribution in [1.82, 2.24) is 20.1 Å². The number of hydrogen-bond donors (Lipinski definition) is 2. The van der Waals surface area contributed by atoms with Crippen LogP contribution < -0.4 is 15.4 Å². The summed E-state index contributed by atoms with van der Waals surface area (Å²) in [6, 6.07) is 10.8. The minimum atomic E-state index is -0.301. The Kier molecular flexibility index (Phi) is 4.94. The fraction of sp³-hybridized carbons (Fsp3) is 0.167. The lowest BCUT2D eigenvalue weighted by Crippen LogP contribution is -2.31. The normalized spacial score (nSPS) is 11.6. The van der Waals surface area contributed by atoms with Crippen molar-refractivity contribution in [1.29, 1.82) is 0 Å². The summed E-state index contributed by atoms with van der Waals surface area (Å²) in [5.74, 6) is 0.755. The molecule has 2 aromatic heterocycles. The number of pyridine rings is 1. The van der Waals surface area contributed by atoms with Crippen LogP contribution in [0, 0.1) is 0 Å². The highest BCUT2D eigenvalue weighted by atomic mass is 16.5. The summed E-state index contributed by atoms with van der Waals surface area (Å²) in [5, 5.41) is 9.90. The minimum Gasteiger partial charge on any atom is -0.497 e. The zero-order valence-corrected chi connectivity index (χ0v) is 14.0. The zero-order chi connectivity index (χ0) is 17.6. The van der Waals surface area contributed by atoms with Crippen LogP contribution in [0.3, 0.4) is 0 Å². The first-order valence-corrected chi connectivity index (χ1v) is 7.82. The van der Waals surface area contributed by atoms with E-state index in [-0.39, 0.29) is 12.1 Å². The summed E-state index contributed by atoms with van der Waals surface area (Å²) >= 11 is 0. The van der Waals surface area contributed by atoms with Crippen LogP contribution in [-0.4, -0.2) is 27.9 Å². The number of nitrogens with one attached hydrogen (secondary N) is 2. The Labute approximate surface area is 145 Å². The van der Waals surface area contributed by atoms with E-state index < -0.39 is 0 Å². The highest BCUT2D eigenvalue weighted by Gasteiger charge is 2.11. The predicted octanol–water partition coefficient (Wildman–Crippen LogP) is 3.16. The number of rotatable bonds is 5. The Morgan fingerprint density at radius 3 is 2.80 bits per heavy atom. The first-order chi connectivity index (χ1) is 12.2. The van der Waals surface area contributed by atoms with E-state index in [1.807, 2.05) is 43.3 Å². The van der Waals surface area contributed by atoms with Crippen molar-refractivity contribution in [2.24, 2.45) is 0 Å².